The van der Waals surface area contributed by atoms with Gasteiger partial charge in [-0.2, -0.15) is 4.52 Å². The average Bonchev–Trinajstić information content (AvgIpc) is 3.32. The lowest BCUT2D eigenvalue weighted by molar-refractivity contribution is 0.0917. The number of benzene rings is 1. The maximum atomic E-state index is 13.1. The minimum absolute atomic E-state index is 0.208. The largest absolute Gasteiger partial charge is 0.475 e. The van der Waals surface area contributed by atoms with Crippen LogP contribution >= 0.6 is 15.9 Å². The Kier molecular flexibility index (Phi) is 5.02. The quantitative estimate of drug-likeness (QED) is 0.458. The van der Waals surface area contributed by atoms with E-state index in [0.717, 1.165) is 0 Å². The molecule has 8 nitrogen and oxygen atoms in total. The van der Waals surface area contributed by atoms with Crippen molar-refractivity contribution in [3.8, 4) is 17.3 Å². The number of furan rings is 1. The summed E-state index contributed by atoms with van der Waals surface area (Å²) >= 11 is 3.14. The molecule has 0 aliphatic heterocycles. The number of fused-ring (bicyclic) bond motifs is 1. The first-order valence-corrected chi connectivity index (χ1v) is 9.04. The lowest BCUT2D eigenvalue weighted by atomic mass is 10.2. The predicted octanol–water partition coefficient (Wildman–Crippen LogP) is 3.09. The van der Waals surface area contributed by atoms with Gasteiger partial charge in [-0.1, -0.05) is 0 Å². The van der Waals surface area contributed by atoms with E-state index >= 15 is 0 Å². The van der Waals surface area contributed by atoms with Gasteiger partial charge in [0.1, 0.15) is 12.4 Å². The summed E-state index contributed by atoms with van der Waals surface area (Å²) in [5.41, 5.74) is 1.21. The Balaban J connectivity index is 1.41. The predicted molar refractivity (Wildman–Crippen MR) is 100 cm³/mol. The van der Waals surface area contributed by atoms with Crippen LogP contribution in [0.5, 0.6) is 5.88 Å². The Morgan fingerprint density at radius 3 is 2.71 bits per heavy atom. The summed E-state index contributed by atoms with van der Waals surface area (Å²) in [6, 6.07) is 12.5. The molecule has 0 atom stereocenters. The normalized spacial score (nSPS) is 10.9. The van der Waals surface area contributed by atoms with Crippen LogP contribution < -0.4 is 10.1 Å². The molecule has 0 fully saturated rings. The first-order valence-electron chi connectivity index (χ1n) is 8.25. The number of hydrogen-bond donors (Lipinski definition) is 1. The Morgan fingerprint density at radius 2 is 1.96 bits per heavy atom. The summed E-state index contributed by atoms with van der Waals surface area (Å²) in [5.74, 6) is 0.344. The molecule has 0 bridgehead atoms. The average molecular weight is 446 g/mol. The molecule has 1 amide bonds. The van der Waals surface area contributed by atoms with Crippen LogP contribution in [0.15, 0.2) is 57.6 Å². The van der Waals surface area contributed by atoms with E-state index in [2.05, 4.69) is 36.5 Å². The lowest BCUT2D eigenvalue weighted by Gasteiger charge is -2.07. The van der Waals surface area contributed by atoms with Crippen molar-refractivity contribution in [2.75, 3.05) is 13.2 Å². The number of nitrogens with one attached hydrogen (secondary N) is 1. The molecule has 142 valence electrons. The first-order chi connectivity index (χ1) is 13.6. The summed E-state index contributed by atoms with van der Waals surface area (Å²) in [7, 11) is 0. The number of rotatable bonds is 6. The van der Waals surface area contributed by atoms with Crippen molar-refractivity contribution in [2.24, 2.45) is 0 Å². The molecule has 10 heteroatoms. The van der Waals surface area contributed by atoms with Crippen LogP contribution in [0.25, 0.3) is 17.0 Å². The van der Waals surface area contributed by atoms with Gasteiger partial charge in [-0.3, -0.25) is 4.79 Å². The minimum Gasteiger partial charge on any atom is -0.475 e. The second-order valence-corrected chi connectivity index (χ2v) is 6.46. The zero-order chi connectivity index (χ0) is 19.5. The number of carbonyl (C=O) groups is 1. The molecular weight excluding hydrogens is 433 g/mol. The van der Waals surface area contributed by atoms with Crippen molar-refractivity contribution in [2.45, 2.75) is 0 Å². The molecule has 0 radical (unpaired) electrons. The number of hydrogen-bond acceptors (Lipinski definition) is 6. The fourth-order valence-electron chi connectivity index (χ4n) is 2.47. The van der Waals surface area contributed by atoms with Gasteiger partial charge in [0.15, 0.2) is 21.9 Å². The molecule has 4 rings (SSSR count). The fraction of sp³-hybridized carbons (Fsp3) is 0.111. The maximum absolute atomic E-state index is 13.1. The molecule has 0 unspecified atom stereocenters. The van der Waals surface area contributed by atoms with Crippen molar-refractivity contribution < 1.29 is 18.3 Å². The molecule has 0 saturated carbocycles. The van der Waals surface area contributed by atoms with Gasteiger partial charge in [-0.15, -0.1) is 15.3 Å². The molecule has 1 N–H and O–H groups in total. The Bertz CT molecular complexity index is 1130. The van der Waals surface area contributed by atoms with E-state index < -0.39 is 0 Å². The van der Waals surface area contributed by atoms with Gasteiger partial charge in [0.25, 0.3) is 5.91 Å². The third kappa shape index (κ3) is 3.86. The zero-order valence-electron chi connectivity index (χ0n) is 14.3. The number of aromatic nitrogens is 4. The van der Waals surface area contributed by atoms with Gasteiger partial charge in [-0.25, -0.2) is 4.39 Å². The summed E-state index contributed by atoms with van der Waals surface area (Å²) < 4.78 is 25.9. The summed E-state index contributed by atoms with van der Waals surface area (Å²) in [4.78, 5) is 11.9. The van der Waals surface area contributed by atoms with Crippen LogP contribution in [-0.4, -0.2) is 38.9 Å². The monoisotopic (exact) mass is 445 g/mol. The van der Waals surface area contributed by atoms with Crippen molar-refractivity contribution >= 4 is 27.5 Å². The van der Waals surface area contributed by atoms with E-state index in [9.17, 15) is 9.18 Å². The Morgan fingerprint density at radius 1 is 1.14 bits per heavy atom. The molecule has 0 aliphatic rings. The van der Waals surface area contributed by atoms with Crippen LogP contribution in [0.2, 0.25) is 0 Å². The Labute approximate surface area is 166 Å². The van der Waals surface area contributed by atoms with Gasteiger partial charge >= 0.3 is 0 Å². The fourth-order valence-corrected chi connectivity index (χ4v) is 2.78. The molecule has 0 saturated heterocycles. The van der Waals surface area contributed by atoms with Crippen molar-refractivity contribution in [3.63, 3.8) is 0 Å². The van der Waals surface area contributed by atoms with Crippen LogP contribution in [0, 0.1) is 5.82 Å². The van der Waals surface area contributed by atoms with Gasteiger partial charge in [0, 0.05) is 11.6 Å². The second-order valence-electron chi connectivity index (χ2n) is 5.68. The van der Waals surface area contributed by atoms with E-state index in [1.807, 2.05) is 0 Å². The van der Waals surface area contributed by atoms with E-state index in [1.165, 1.54) is 16.6 Å². The van der Waals surface area contributed by atoms with E-state index in [0.29, 0.717) is 27.6 Å². The topological polar surface area (TPSA) is 94.5 Å². The molecule has 4 aromatic rings. The Hall–Kier alpha value is -3.27. The summed E-state index contributed by atoms with van der Waals surface area (Å²) in [6.07, 6.45) is 0. The number of nitrogens with zero attached hydrogens (tertiary/aromatic N) is 4. The van der Waals surface area contributed by atoms with Crippen molar-refractivity contribution in [1.29, 1.82) is 0 Å². The molecule has 0 aliphatic carbocycles. The zero-order valence-corrected chi connectivity index (χ0v) is 15.9. The van der Waals surface area contributed by atoms with Crippen LogP contribution in [0.3, 0.4) is 0 Å². The highest BCUT2D eigenvalue weighted by molar-refractivity contribution is 9.10. The van der Waals surface area contributed by atoms with Gasteiger partial charge < -0.3 is 14.5 Å². The molecule has 1 aromatic carbocycles. The van der Waals surface area contributed by atoms with E-state index in [-0.39, 0.29) is 30.6 Å². The third-order valence-corrected chi connectivity index (χ3v) is 4.20. The van der Waals surface area contributed by atoms with Crippen molar-refractivity contribution in [3.05, 3.63) is 64.8 Å². The molecule has 3 aromatic heterocycles. The van der Waals surface area contributed by atoms with Gasteiger partial charge in [0.05, 0.1) is 6.54 Å². The third-order valence-electron chi connectivity index (χ3n) is 3.78. The number of amides is 1. The standard InChI is InChI=1S/C18H13BrFN5O3/c19-14-6-5-13(28-14)18(26)21-9-10-27-16-8-7-15-22-23-17(25(15)24-16)11-1-3-12(20)4-2-11/h1-8H,9-10H2,(H,21,26). The molecule has 28 heavy (non-hydrogen) atoms. The highest BCUT2D eigenvalue weighted by atomic mass is 79.9. The highest BCUT2D eigenvalue weighted by Crippen LogP contribution is 2.19. The number of carbonyl (C=O) groups excluding carboxylic acids is 1. The molecule has 0 spiro atoms. The van der Waals surface area contributed by atoms with E-state index in [1.54, 1.807) is 36.4 Å². The SMILES string of the molecule is O=C(NCCOc1ccc2nnc(-c3ccc(F)cc3)n2n1)c1ccc(Br)o1. The molecule has 3 heterocycles. The first kappa shape index (κ1) is 18.1. The van der Waals surface area contributed by atoms with Gasteiger partial charge in [0.2, 0.25) is 5.88 Å². The molecular formula is C18H13BrFN5O3. The highest BCUT2D eigenvalue weighted by Gasteiger charge is 2.12. The maximum Gasteiger partial charge on any atom is 0.287 e. The second kappa shape index (κ2) is 7.77. The smallest absolute Gasteiger partial charge is 0.287 e. The summed E-state index contributed by atoms with van der Waals surface area (Å²) in [6.45, 7) is 0.476. The van der Waals surface area contributed by atoms with Crippen LogP contribution in [0.1, 0.15) is 10.6 Å². The van der Waals surface area contributed by atoms with Crippen molar-refractivity contribution in [1.82, 2.24) is 25.1 Å². The van der Waals surface area contributed by atoms with Crippen LogP contribution in [-0.2, 0) is 0 Å². The number of ether oxygens (including phenoxy) is 1. The minimum atomic E-state index is -0.338. The van der Waals surface area contributed by atoms with Gasteiger partial charge in [-0.05, 0) is 58.4 Å². The summed E-state index contributed by atoms with van der Waals surface area (Å²) in [5, 5.41) is 15.2. The lowest BCUT2D eigenvalue weighted by Crippen LogP contribution is -2.27. The van der Waals surface area contributed by atoms with Crippen LogP contribution in [0.4, 0.5) is 4.39 Å². The van der Waals surface area contributed by atoms with E-state index in [4.69, 9.17) is 9.15 Å². The number of halogens is 2.